The van der Waals surface area contributed by atoms with E-state index in [0.717, 1.165) is 17.1 Å². The molecule has 7 nitrogen and oxygen atoms in total. The summed E-state index contributed by atoms with van der Waals surface area (Å²) >= 11 is 0. The highest BCUT2D eigenvalue weighted by molar-refractivity contribution is 5.90. The van der Waals surface area contributed by atoms with E-state index >= 15 is 0 Å². The molecular formula is C22H25N5O2. The number of carbonyl (C=O) groups is 1. The molecule has 0 aliphatic heterocycles. The quantitative estimate of drug-likeness (QED) is 0.664. The molecule has 0 atom stereocenters. The fourth-order valence-electron chi connectivity index (χ4n) is 3.64. The minimum Gasteiger partial charge on any atom is -0.438 e. The highest BCUT2D eigenvalue weighted by Gasteiger charge is 2.18. The fourth-order valence-corrected chi connectivity index (χ4v) is 3.64. The smallest absolute Gasteiger partial charge is 0.238 e. The molecule has 1 fully saturated rings. The summed E-state index contributed by atoms with van der Waals surface area (Å²) in [6.45, 7) is 3.94. The molecule has 150 valence electrons. The molecule has 1 aliphatic carbocycles. The van der Waals surface area contributed by atoms with E-state index in [1.807, 2.05) is 48.7 Å². The van der Waals surface area contributed by atoms with Crippen LogP contribution in [0.3, 0.4) is 0 Å². The van der Waals surface area contributed by atoms with Crippen molar-refractivity contribution >= 4 is 11.6 Å². The minimum atomic E-state index is 0.0806. The molecule has 1 N–H and O–H groups in total. The lowest BCUT2D eigenvalue weighted by atomic mass is 10.0. The van der Waals surface area contributed by atoms with Crippen molar-refractivity contribution in [1.82, 2.24) is 19.7 Å². The van der Waals surface area contributed by atoms with Gasteiger partial charge in [0, 0.05) is 23.9 Å². The van der Waals surface area contributed by atoms with Crippen LogP contribution in [0.5, 0.6) is 11.6 Å². The number of hydrogen-bond acceptors (Lipinski definition) is 5. The Morgan fingerprint density at radius 1 is 1.10 bits per heavy atom. The van der Waals surface area contributed by atoms with E-state index in [1.165, 1.54) is 25.7 Å². The summed E-state index contributed by atoms with van der Waals surface area (Å²) in [6.07, 6.45) is 7.16. The highest BCUT2D eigenvalue weighted by atomic mass is 16.5. The number of rotatable bonds is 6. The number of ether oxygens (including phenoxy) is 1. The third kappa shape index (κ3) is 4.62. The first-order valence-electron chi connectivity index (χ1n) is 10.0. The Morgan fingerprint density at radius 2 is 1.86 bits per heavy atom. The zero-order chi connectivity index (χ0) is 20.2. The number of nitrogens with one attached hydrogen (secondary N) is 1. The lowest BCUT2D eigenvalue weighted by molar-refractivity contribution is -0.117. The normalized spacial score (nSPS) is 14.1. The van der Waals surface area contributed by atoms with Gasteiger partial charge in [-0.3, -0.25) is 9.36 Å². The van der Waals surface area contributed by atoms with E-state index in [2.05, 4.69) is 20.5 Å². The molecular weight excluding hydrogens is 366 g/mol. The van der Waals surface area contributed by atoms with Crippen molar-refractivity contribution in [3.63, 3.8) is 0 Å². The molecule has 0 radical (unpaired) electrons. The number of imidazole rings is 1. The van der Waals surface area contributed by atoms with Gasteiger partial charge >= 0.3 is 0 Å². The Bertz CT molecular complexity index is 973. The van der Waals surface area contributed by atoms with Gasteiger partial charge in [-0.2, -0.15) is 0 Å². The second-order valence-electron chi connectivity index (χ2n) is 7.54. The Labute approximate surface area is 170 Å². The van der Waals surface area contributed by atoms with Gasteiger partial charge in [-0.25, -0.2) is 4.98 Å². The van der Waals surface area contributed by atoms with Crippen LogP contribution in [0.4, 0.5) is 5.69 Å². The maximum Gasteiger partial charge on any atom is 0.238 e. The van der Waals surface area contributed by atoms with Gasteiger partial charge in [0.1, 0.15) is 12.1 Å². The fraction of sp³-hybridized carbons (Fsp3) is 0.364. The first kappa shape index (κ1) is 19.1. The number of nitrogens with zero attached hydrogens (tertiary/aromatic N) is 4. The summed E-state index contributed by atoms with van der Waals surface area (Å²) in [4.78, 5) is 16.4. The number of benzene rings is 1. The van der Waals surface area contributed by atoms with Crippen LogP contribution in [-0.2, 0) is 4.79 Å². The maximum absolute atomic E-state index is 12.2. The summed E-state index contributed by atoms with van der Waals surface area (Å²) in [5, 5.41) is 11.3. The Kier molecular flexibility index (Phi) is 5.55. The number of amides is 1. The van der Waals surface area contributed by atoms with Crippen molar-refractivity contribution in [1.29, 1.82) is 0 Å². The molecule has 0 spiro atoms. The second kappa shape index (κ2) is 8.43. The van der Waals surface area contributed by atoms with Crippen molar-refractivity contribution in [3.8, 4) is 17.4 Å². The summed E-state index contributed by atoms with van der Waals surface area (Å²) in [5.74, 6) is 2.35. The number of aromatic nitrogens is 4. The van der Waals surface area contributed by atoms with Gasteiger partial charge in [0.25, 0.3) is 0 Å². The first-order valence-corrected chi connectivity index (χ1v) is 10.0. The molecule has 29 heavy (non-hydrogen) atoms. The largest absolute Gasteiger partial charge is 0.438 e. The van der Waals surface area contributed by atoms with Gasteiger partial charge in [0.15, 0.2) is 5.82 Å². The van der Waals surface area contributed by atoms with Gasteiger partial charge in [0.05, 0.1) is 5.69 Å². The average Bonchev–Trinajstić information content (AvgIpc) is 3.34. The summed E-state index contributed by atoms with van der Waals surface area (Å²) in [5.41, 5.74) is 2.76. The Morgan fingerprint density at radius 3 is 2.48 bits per heavy atom. The zero-order valence-corrected chi connectivity index (χ0v) is 16.8. The zero-order valence-electron chi connectivity index (χ0n) is 16.8. The molecule has 1 aliphatic rings. The van der Waals surface area contributed by atoms with Gasteiger partial charge in [-0.1, -0.05) is 12.8 Å². The van der Waals surface area contributed by atoms with E-state index in [9.17, 15) is 4.79 Å². The van der Waals surface area contributed by atoms with Crippen molar-refractivity contribution in [2.75, 3.05) is 5.32 Å². The third-order valence-corrected chi connectivity index (χ3v) is 5.43. The molecule has 2 heterocycles. The van der Waals surface area contributed by atoms with Crippen molar-refractivity contribution in [3.05, 3.63) is 54.1 Å². The van der Waals surface area contributed by atoms with Gasteiger partial charge in [-0.15, -0.1) is 10.2 Å². The lowest BCUT2D eigenvalue weighted by Crippen LogP contribution is -2.14. The Balaban J connectivity index is 1.34. The molecule has 0 saturated heterocycles. The van der Waals surface area contributed by atoms with Crippen LogP contribution < -0.4 is 10.1 Å². The molecule has 4 rings (SSSR count). The number of aryl methyl sites for hydroxylation is 1. The van der Waals surface area contributed by atoms with Crippen molar-refractivity contribution in [2.24, 2.45) is 5.92 Å². The Hall–Kier alpha value is -3.22. The predicted molar refractivity (Wildman–Crippen MR) is 110 cm³/mol. The minimum absolute atomic E-state index is 0.0806. The van der Waals surface area contributed by atoms with Crippen LogP contribution >= 0.6 is 0 Å². The molecule has 3 aromatic rings. The van der Waals surface area contributed by atoms with E-state index in [1.54, 1.807) is 12.4 Å². The predicted octanol–water partition coefficient (Wildman–Crippen LogP) is 4.59. The van der Waals surface area contributed by atoms with Crippen molar-refractivity contribution < 1.29 is 9.53 Å². The van der Waals surface area contributed by atoms with E-state index in [-0.39, 0.29) is 5.91 Å². The topological polar surface area (TPSA) is 81.9 Å². The lowest BCUT2D eigenvalue weighted by Gasteiger charge is -2.10. The average molecular weight is 391 g/mol. The maximum atomic E-state index is 12.2. The number of hydrogen-bond donors (Lipinski definition) is 1. The molecule has 1 saturated carbocycles. The molecule has 0 bridgehead atoms. The van der Waals surface area contributed by atoms with E-state index in [4.69, 9.17) is 4.74 Å². The van der Waals surface area contributed by atoms with Crippen molar-refractivity contribution in [2.45, 2.75) is 46.0 Å². The molecule has 2 aromatic heterocycles. The van der Waals surface area contributed by atoms with Crippen LogP contribution in [0.25, 0.3) is 5.82 Å². The molecule has 7 heteroatoms. The summed E-state index contributed by atoms with van der Waals surface area (Å²) < 4.78 is 7.65. The van der Waals surface area contributed by atoms with Crippen LogP contribution in [0, 0.1) is 19.8 Å². The molecule has 0 unspecified atom stereocenters. The van der Waals surface area contributed by atoms with Crippen LogP contribution in [-0.4, -0.2) is 25.7 Å². The SMILES string of the molecule is Cc1ncn(-c2ccc(Oc3ccc(NC(=O)CC4CCCC4)cc3)nn2)c1C. The second-order valence-corrected chi connectivity index (χ2v) is 7.54. The van der Waals surface area contributed by atoms with Gasteiger partial charge < -0.3 is 10.1 Å². The standard InChI is InChI=1S/C22H25N5O2/c1-15-16(2)27(14-23-15)20-11-12-22(26-25-20)29-19-9-7-18(8-10-19)24-21(28)13-17-5-3-4-6-17/h7-12,14,17H,3-6,13H2,1-2H3,(H,24,28). The monoisotopic (exact) mass is 391 g/mol. The number of anilines is 1. The highest BCUT2D eigenvalue weighted by Crippen LogP contribution is 2.28. The van der Waals surface area contributed by atoms with Crippen LogP contribution in [0.2, 0.25) is 0 Å². The van der Waals surface area contributed by atoms with E-state index in [0.29, 0.717) is 29.8 Å². The third-order valence-electron chi connectivity index (χ3n) is 5.43. The van der Waals surface area contributed by atoms with Gasteiger partial charge in [0.2, 0.25) is 11.8 Å². The number of carbonyl (C=O) groups excluding carboxylic acids is 1. The molecule has 1 amide bonds. The van der Waals surface area contributed by atoms with Gasteiger partial charge in [-0.05, 0) is 62.9 Å². The van der Waals surface area contributed by atoms with Crippen LogP contribution in [0.15, 0.2) is 42.7 Å². The molecule has 1 aromatic carbocycles. The van der Waals surface area contributed by atoms with Crippen LogP contribution in [0.1, 0.15) is 43.5 Å². The van der Waals surface area contributed by atoms with E-state index < -0.39 is 0 Å². The first-order chi connectivity index (χ1) is 14.1. The summed E-state index contributed by atoms with van der Waals surface area (Å²) in [7, 11) is 0. The summed E-state index contributed by atoms with van der Waals surface area (Å²) in [6, 6.07) is 10.9.